The fourth-order valence-corrected chi connectivity index (χ4v) is 3.53. The number of aromatic nitrogens is 3. The van der Waals surface area contributed by atoms with Crippen molar-refractivity contribution in [3.05, 3.63) is 35.7 Å². The van der Waals surface area contributed by atoms with E-state index in [-0.39, 0.29) is 0 Å². The van der Waals surface area contributed by atoms with Crippen molar-refractivity contribution in [3.63, 3.8) is 0 Å². The van der Waals surface area contributed by atoms with E-state index < -0.39 is 0 Å². The molecule has 2 saturated carbocycles. The average molecular weight is 360 g/mol. The molecule has 0 atom stereocenters. The summed E-state index contributed by atoms with van der Waals surface area (Å²) in [5.41, 5.74) is 7.35. The Morgan fingerprint density at radius 2 is 1.64 bits per heavy atom. The van der Waals surface area contributed by atoms with Crippen molar-refractivity contribution in [2.24, 2.45) is 5.73 Å². The minimum atomic E-state index is 0.474. The summed E-state index contributed by atoms with van der Waals surface area (Å²) in [6, 6.07) is 6.64. The molecule has 2 aromatic rings. The van der Waals surface area contributed by atoms with E-state index in [1.54, 1.807) is 12.4 Å². The van der Waals surface area contributed by atoms with E-state index in [1.165, 1.54) is 51.4 Å². The molecular weight excluding hydrogens is 334 g/mol. The fraction of sp³-hybridized carbons (Fsp3) is 0.526. The molecule has 5 nitrogen and oxygen atoms in total. The molecule has 0 aliphatic heterocycles. The minimum absolute atomic E-state index is 0.474. The number of anilines is 1. The van der Waals surface area contributed by atoms with E-state index in [1.807, 2.05) is 18.2 Å². The van der Waals surface area contributed by atoms with E-state index in [2.05, 4.69) is 20.3 Å². The minimum Gasteiger partial charge on any atom is -0.351 e. The van der Waals surface area contributed by atoms with Gasteiger partial charge in [-0.3, -0.25) is 0 Å². The first kappa shape index (κ1) is 18.1. The number of nitrogens with two attached hydrogens (primary N) is 1. The molecule has 3 N–H and O–H groups in total. The van der Waals surface area contributed by atoms with Gasteiger partial charge < -0.3 is 11.1 Å². The normalized spacial score (nSPS) is 18.0. The fourth-order valence-electron chi connectivity index (χ4n) is 3.36. The Balaban J connectivity index is 0.000000258. The van der Waals surface area contributed by atoms with Crippen molar-refractivity contribution < 1.29 is 0 Å². The molecule has 2 aliphatic carbocycles. The summed E-state index contributed by atoms with van der Waals surface area (Å²) < 4.78 is 0. The summed E-state index contributed by atoms with van der Waals surface area (Å²) in [6.45, 7) is 0. The van der Waals surface area contributed by atoms with Gasteiger partial charge in [0.25, 0.3) is 0 Å². The third-order valence-corrected chi connectivity index (χ3v) is 4.97. The summed E-state index contributed by atoms with van der Waals surface area (Å²) in [5.74, 6) is 0.692. The molecule has 2 aliphatic rings. The van der Waals surface area contributed by atoms with Gasteiger partial charge >= 0.3 is 0 Å². The van der Waals surface area contributed by atoms with Crippen LogP contribution in [0.25, 0.3) is 11.3 Å². The van der Waals surface area contributed by atoms with Crippen molar-refractivity contribution in [1.29, 1.82) is 0 Å². The second-order valence-electron chi connectivity index (χ2n) is 6.80. The third-order valence-electron chi connectivity index (χ3n) is 4.77. The number of hydrogen-bond acceptors (Lipinski definition) is 5. The van der Waals surface area contributed by atoms with Crippen LogP contribution < -0.4 is 11.1 Å². The average Bonchev–Trinajstić information content (AvgIpc) is 3.30. The van der Waals surface area contributed by atoms with Crippen molar-refractivity contribution in [1.82, 2.24) is 15.0 Å². The van der Waals surface area contributed by atoms with Gasteiger partial charge in [0.1, 0.15) is 5.15 Å². The van der Waals surface area contributed by atoms with Gasteiger partial charge in [-0.15, -0.1) is 0 Å². The highest BCUT2D eigenvalue weighted by Crippen LogP contribution is 2.23. The second kappa shape index (κ2) is 9.11. The van der Waals surface area contributed by atoms with Crippen LogP contribution >= 0.6 is 11.6 Å². The van der Waals surface area contributed by atoms with Gasteiger partial charge in [-0.1, -0.05) is 37.3 Å². The highest BCUT2D eigenvalue weighted by molar-refractivity contribution is 6.29. The molecule has 0 amide bonds. The Morgan fingerprint density at radius 1 is 0.960 bits per heavy atom. The van der Waals surface area contributed by atoms with Crippen molar-refractivity contribution in [2.75, 3.05) is 5.32 Å². The molecule has 0 unspecified atom stereocenters. The van der Waals surface area contributed by atoms with Gasteiger partial charge in [-0.05, 0) is 43.9 Å². The molecule has 0 bridgehead atoms. The number of hydrogen-bond donors (Lipinski definition) is 2. The van der Waals surface area contributed by atoms with Gasteiger partial charge in [0.15, 0.2) is 0 Å². The smallest absolute Gasteiger partial charge is 0.223 e. The molecule has 4 rings (SSSR count). The largest absolute Gasteiger partial charge is 0.351 e. The molecule has 0 radical (unpaired) electrons. The lowest BCUT2D eigenvalue weighted by Gasteiger charge is -2.12. The predicted molar refractivity (Wildman–Crippen MR) is 103 cm³/mol. The molecule has 134 valence electrons. The summed E-state index contributed by atoms with van der Waals surface area (Å²) in [7, 11) is 0. The molecule has 25 heavy (non-hydrogen) atoms. The maximum atomic E-state index is 5.90. The third kappa shape index (κ3) is 5.65. The zero-order valence-corrected chi connectivity index (χ0v) is 15.3. The molecule has 6 heteroatoms. The summed E-state index contributed by atoms with van der Waals surface area (Å²) in [6.07, 6.45) is 13.7. The highest BCUT2D eigenvalue weighted by atomic mass is 35.5. The van der Waals surface area contributed by atoms with Crippen LogP contribution in [0, 0.1) is 0 Å². The lowest BCUT2D eigenvalue weighted by molar-refractivity contribution is 0.704. The van der Waals surface area contributed by atoms with Crippen LogP contribution in [0.2, 0.25) is 5.15 Å². The number of halogens is 1. The van der Waals surface area contributed by atoms with Gasteiger partial charge in [-0.2, -0.15) is 0 Å². The Bertz CT molecular complexity index is 666. The lowest BCUT2D eigenvalue weighted by Crippen LogP contribution is -2.16. The van der Waals surface area contributed by atoms with Crippen LogP contribution in [0.5, 0.6) is 0 Å². The van der Waals surface area contributed by atoms with Crippen LogP contribution in [-0.4, -0.2) is 27.0 Å². The van der Waals surface area contributed by atoms with Crippen LogP contribution in [0.1, 0.15) is 51.4 Å². The zero-order chi connectivity index (χ0) is 17.5. The number of rotatable bonds is 3. The molecule has 0 saturated heterocycles. The van der Waals surface area contributed by atoms with Gasteiger partial charge in [0.2, 0.25) is 5.95 Å². The molecule has 0 spiro atoms. The number of pyridine rings is 1. The Morgan fingerprint density at radius 3 is 2.28 bits per heavy atom. The van der Waals surface area contributed by atoms with Crippen molar-refractivity contribution in [2.45, 2.75) is 63.5 Å². The summed E-state index contributed by atoms with van der Waals surface area (Å²) in [5, 5.41) is 3.87. The Kier molecular flexibility index (Phi) is 6.59. The predicted octanol–water partition coefficient (Wildman–Crippen LogP) is 4.43. The Hall–Kier alpha value is -1.72. The van der Waals surface area contributed by atoms with E-state index >= 15 is 0 Å². The van der Waals surface area contributed by atoms with Gasteiger partial charge in [0.05, 0.1) is 5.69 Å². The highest BCUT2D eigenvalue weighted by Gasteiger charge is 2.15. The quantitative estimate of drug-likeness (QED) is 0.792. The van der Waals surface area contributed by atoms with E-state index in [0.29, 0.717) is 23.2 Å². The monoisotopic (exact) mass is 359 g/mol. The maximum absolute atomic E-state index is 5.90. The number of nitrogens with zero attached hydrogens (tertiary/aromatic N) is 3. The first-order chi connectivity index (χ1) is 12.2. The first-order valence-electron chi connectivity index (χ1n) is 9.18. The van der Waals surface area contributed by atoms with Gasteiger partial charge in [-0.25, -0.2) is 15.0 Å². The van der Waals surface area contributed by atoms with Crippen molar-refractivity contribution in [3.8, 4) is 11.3 Å². The van der Waals surface area contributed by atoms with E-state index in [4.69, 9.17) is 17.3 Å². The topological polar surface area (TPSA) is 76.7 Å². The van der Waals surface area contributed by atoms with E-state index in [0.717, 1.165) is 11.3 Å². The zero-order valence-electron chi connectivity index (χ0n) is 14.5. The molecule has 2 fully saturated rings. The lowest BCUT2D eigenvalue weighted by atomic mass is 10.2. The molecule has 2 heterocycles. The summed E-state index contributed by atoms with van der Waals surface area (Å²) >= 11 is 5.90. The van der Waals surface area contributed by atoms with Crippen LogP contribution in [0.3, 0.4) is 0 Å². The first-order valence-corrected chi connectivity index (χ1v) is 9.55. The van der Waals surface area contributed by atoms with Crippen LogP contribution in [0.4, 0.5) is 5.95 Å². The van der Waals surface area contributed by atoms with Crippen molar-refractivity contribution >= 4 is 17.5 Å². The number of nitrogens with one attached hydrogen (secondary N) is 1. The molecular formula is C19H26ClN5. The molecule has 2 aromatic heterocycles. The molecule has 0 aromatic carbocycles. The maximum Gasteiger partial charge on any atom is 0.223 e. The van der Waals surface area contributed by atoms with Crippen LogP contribution in [0.15, 0.2) is 30.6 Å². The summed E-state index contributed by atoms with van der Waals surface area (Å²) in [4.78, 5) is 12.8. The second-order valence-corrected chi connectivity index (χ2v) is 7.19. The SMILES string of the molecule is Clc1cc(-c2ccnc(NC3CCCC3)n2)ccn1.NC1CCCC1. The van der Waals surface area contributed by atoms with Gasteiger partial charge in [0, 0.05) is 30.0 Å². The standard InChI is InChI=1S/C14H15ClN4.C5H11N/c15-13-9-10(5-7-16-13)12-6-8-17-14(19-12)18-11-3-1-2-4-11;6-5-3-1-2-4-5/h5-9,11H,1-4H2,(H,17,18,19);5H,1-4,6H2. The van der Waals surface area contributed by atoms with E-state index in [9.17, 15) is 0 Å². The van der Waals surface area contributed by atoms with Crippen LogP contribution in [-0.2, 0) is 0 Å². The Labute approximate surface area is 154 Å².